The average molecular weight is 770 g/mol. The minimum Gasteiger partial charge on any atom is -0.497 e. The molecule has 15 nitrogen and oxygen atoms in total. The van der Waals surface area contributed by atoms with Crippen molar-refractivity contribution < 1.29 is 46.9 Å². The van der Waals surface area contributed by atoms with Crippen molar-refractivity contribution in [2.75, 3.05) is 20.3 Å². The molecule has 0 radical (unpaired) electrons. The van der Waals surface area contributed by atoms with E-state index in [1.54, 1.807) is 32.2 Å². The van der Waals surface area contributed by atoms with Crippen molar-refractivity contribution in [2.24, 2.45) is 17.8 Å². The van der Waals surface area contributed by atoms with Crippen LogP contribution in [0.1, 0.15) is 79.1 Å². The highest BCUT2D eigenvalue weighted by Crippen LogP contribution is 2.48. The third-order valence-electron chi connectivity index (χ3n) is 11.5. The molecular formula is C38H51N5O10S. The summed E-state index contributed by atoms with van der Waals surface area (Å²) in [6.07, 6.45) is 6.66. The smallest absolute Gasteiger partial charge is 0.405 e. The SMILES string of the molecule is CCOc1cnc(O[C@@H]2C[C@H]3C(=O)N[C@]4(C(=O)NS(=O)(=O)C5(C)CC5)C[C@H]4/C=C\CC[C@H](C)C[C@@H](CC)[C@H](NC(=O)O)C(=O)N3C2)c2ccc(OC)cc12. The first-order valence-electron chi connectivity index (χ1n) is 18.8. The fraction of sp³-hybridized carbons (Fsp3) is 0.605. The van der Waals surface area contributed by atoms with Crippen molar-refractivity contribution in [2.45, 2.75) is 108 Å². The highest BCUT2D eigenvalue weighted by atomic mass is 32.2. The van der Waals surface area contributed by atoms with Gasteiger partial charge >= 0.3 is 6.09 Å². The van der Waals surface area contributed by atoms with E-state index in [1.165, 1.54) is 11.1 Å². The molecule has 16 heteroatoms. The molecule has 1 aromatic heterocycles. The van der Waals surface area contributed by atoms with Crippen LogP contribution in [0, 0.1) is 17.8 Å². The maximum Gasteiger partial charge on any atom is 0.405 e. The number of allylic oxidation sites excluding steroid dienone is 1. The number of carbonyl (C=O) groups is 4. The van der Waals surface area contributed by atoms with Gasteiger partial charge in [-0.1, -0.05) is 32.4 Å². The monoisotopic (exact) mass is 769 g/mol. The van der Waals surface area contributed by atoms with Crippen LogP contribution in [0.3, 0.4) is 0 Å². The van der Waals surface area contributed by atoms with Crippen LogP contribution in [0.15, 0.2) is 36.5 Å². The first-order valence-corrected chi connectivity index (χ1v) is 20.2. The summed E-state index contributed by atoms with van der Waals surface area (Å²) in [6.45, 7) is 7.70. The van der Waals surface area contributed by atoms with E-state index in [0.717, 1.165) is 6.42 Å². The van der Waals surface area contributed by atoms with Crippen LogP contribution in [0.25, 0.3) is 10.8 Å². The van der Waals surface area contributed by atoms with E-state index in [0.29, 0.717) is 61.0 Å². The number of ether oxygens (including phenoxy) is 3. The molecule has 3 heterocycles. The summed E-state index contributed by atoms with van der Waals surface area (Å²) in [5.41, 5.74) is -1.55. The van der Waals surface area contributed by atoms with Gasteiger partial charge in [-0.15, -0.1) is 0 Å². The lowest BCUT2D eigenvalue weighted by Gasteiger charge is -2.33. The number of rotatable bonds is 10. The molecule has 1 aromatic carbocycles. The topological polar surface area (TPSA) is 203 Å². The maximum absolute atomic E-state index is 14.6. The fourth-order valence-corrected chi connectivity index (χ4v) is 9.08. The Kier molecular flexibility index (Phi) is 11.1. The highest BCUT2D eigenvalue weighted by molar-refractivity contribution is 7.91. The molecule has 2 aromatic rings. The van der Waals surface area contributed by atoms with Crippen LogP contribution in [0.5, 0.6) is 17.4 Å². The van der Waals surface area contributed by atoms with Crippen LogP contribution >= 0.6 is 0 Å². The van der Waals surface area contributed by atoms with Gasteiger partial charge in [-0.05, 0) is 82.4 Å². The van der Waals surface area contributed by atoms with Gasteiger partial charge in [0, 0.05) is 23.1 Å². The highest BCUT2D eigenvalue weighted by Gasteiger charge is 2.63. The van der Waals surface area contributed by atoms with E-state index in [1.807, 2.05) is 32.9 Å². The molecule has 1 saturated heterocycles. The summed E-state index contributed by atoms with van der Waals surface area (Å²) in [6, 6.07) is 3.00. The first kappa shape index (κ1) is 39.1. The quantitative estimate of drug-likeness (QED) is 0.255. The molecule has 54 heavy (non-hydrogen) atoms. The van der Waals surface area contributed by atoms with Crippen molar-refractivity contribution >= 4 is 44.6 Å². The Morgan fingerprint density at radius 3 is 2.57 bits per heavy atom. The Hall–Kier alpha value is -4.60. The van der Waals surface area contributed by atoms with Crippen molar-refractivity contribution in [3.63, 3.8) is 0 Å². The molecule has 2 saturated carbocycles. The number of carbonyl (C=O) groups excluding carboxylic acids is 3. The third kappa shape index (κ3) is 7.80. The molecule has 294 valence electrons. The molecule has 4 amide bonds. The molecule has 0 unspecified atom stereocenters. The largest absolute Gasteiger partial charge is 0.497 e. The van der Waals surface area contributed by atoms with E-state index in [-0.39, 0.29) is 37.1 Å². The van der Waals surface area contributed by atoms with Gasteiger partial charge in [-0.3, -0.25) is 19.1 Å². The predicted molar refractivity (Wildman–Crippen MR) is 199 cm³/mol. The third-order valence-corrected chi connectivity index (χ3v) is 13.6. The number of hydrogen-bond donors (Lipinski definition) is 4. The number of carboxylic acid groups (broad SMARTS) is 1. The summed E-state index contributed by atoms with van der Waals surface area (Å²) in [5.74, 6) is -1.45. The molecule has 2 aliphatic heterocycles. The molecule has 0 bridgehead atoms. The minimum atomic E-state index is -4.01. The summed E-state index contributed by atoms with van der Waals surface area (Å²) in [4.78, 5) is 60.8. The summed E-state index contributed by atoms with van der Waals surface area (Å²) >= 11 is 0. The fourth-order valence-electron chi connectivity index (χ4n) is 7.77. The summed E-state index contributed by atoms with van der Waals surface area (Å²) in [5, 5.41) is 16.5. The molecule has 7 atom stereocenters. The van der Waals surface area contributed by atoms with E-state index in [9.17, 15) is 32.7 Å². The van der Waals surface area contributed by atoms with Crippen LogP contribution in [-0.4, -0.2) is 96.0 Å². The van der Waals surface area contributed by atoms with Gasteiger partial charge in [-0.25, -0.2) is 18.2 Å². The number of methoxy groups -OCH3 is 1. The average Bonchev–Trinajstić information content (AvgIpc) is 4.01. The van der Waals surface area contributed by atoms with Crippen molar-refractivity contribution in [3.8, 4) is 17.4 Å². The summed E-state index contributed by atoms with van der Waals surface area (Å²) < 4.78 is 45.2. The van der Waals surface area contributed by atoms with Crippen molar-refractivity contribution in [1.82, 2.24) is 25.2 Å². The van der Waals surface area contributed by atoms with Gasteiger partial charge in [0.25, 0.3) is 5.91 Å². The lowest BCUT2D eigenvalue weighted by Crippen LogP contribution is -2.59. The molecule has 0 spiro atoms. The second-order valence-corrected chi connectivity index (χ2v) is 17.5. The van der Waals surface area contributed by atoms with E-state index < -0.39 is 68.2 Å². The van der Waals surface area contributed by atoms with E-state index in [4.69, 9.17) is 14.2 Å². The van der Waals surface area contributed by atoms with E-state index >= 15 is 0 Å². The second-order valence-electron chi connectivity index (χ2n) is 15.4. The van der Waals surface area contributed by atoms with Gasteiger partial charge in [0.2, 0.25) is 27.7 Å². The van der Waals surface area contributed by atoms with Crippen LogP contribution in [0.2, 0.25) is 0 Å². The number of nitrogens with zero attached hydrogens (tertiary/aromatic N) is 2. The Bertz CT molecular complexity index is 1930. The van der Waals surface area contributed by atoms with Gasteiger partial charge in [-0.2, -0.15) is 0 Å². The minimum absolute atomic E-state index is 0.00826. The molecular weight excluding hydrogens is 719 g/mol. The molecule has 3 fully saturated rings. The first-order chi connectivity index (χ1) is 25.6. The number of benzene rings is 1. The normalized spacial score (nSPS) is 30.1. The van der Waals surface area contributed by atoms with Gasteiger partial charge in [0.1, 0.15) is 35.2 Å². The molecule has 2 aliphatic carbocycles. The molecule has 4 aliphatic rings. The summed E-state index contributed by atoms with van der Waals surface area (Å²) in [7, 11) is -2.46. The second kappa shape index (κ2) is 15.3. The number of pyridine rings is 1. The Morgan fingerprint density at radius 1 is 1.15 bits per heavy atom. The zero-order chi connectivity index (χ0) is 39.0. The van der Waals surface area contributed by atoms with Gasteiger partial charge < -0.3 is 34.9 Å². The lowest BCUT2D eigenvalue weighted by molar-refractivity contribution is -0.142. The number of hydrogen-bond acceptors (Lipinski definition) is 10. The molecule has 4 N–H and O–H groups in total. The van der Waals surface area contributed by atoms with Crippen LogP contribution < -0.4 is 29.6 Å². The Labute approximate surface area is 315 Å². The number of fused-ring (bicyclic) bond motifs is 3. The van der Waals surface area contributed by atoms with Crippen LogP contribution in [-0.2, 0) is 24.4 Å². The van der Waals surface area contributed by atoms with Crippen molar-refractivity contribution in [1.29, 1.82) is 0 Å². The number of amides is 4. The Morgan fingerprint density at radius 2 is 1.91 bits per heavy atom. The number of nitrogens with one attached hydrogen (secondary N) is 3. The molecule has 6 rings (SSSR count). The number of aromatic nitrogens is 1. The number of sulfonamides is 1. The van der Waals surface area contributed by atoms with Crippen molar-refractivity contribution in [3.05, 3.63) is 36.5 Å². The predicted octanol–water partition coefficient (Wildman–Crippen LogP) is 3.90. The standard InChI is InChI=1S/C38H51N5O10S/c1-6-23-16-22(3)10-8-9-11-24-19-38(24,35(46)42-54(49,50)37(4)14-15-37)41-32(44)29-18-26(21-43(29)34(45)31(23)40-36(47)48)53-33-27-13-12-25(51-5)17-28(27)30(20-39-33)52-7-2/h9,11-13,17,20,22-24,26,29,31,40H,6-8,10,14-16,18-19,21H2,1-5H3,(H,41,44)(H,42,46)(H,47,48)/b11-9-/t22-,23+,24+,26+,29-,31-,38+/m0/s1. The van der Waals surface area contributed by atoms with Gasteiger partial charge in [0.05, 0.1) is 31.2 Å². The zero-order valence-electron chi connectivity index (χ0n) is 31.4. The van der Waals surface area contributed by atoms with Crippen LogP contribution in [0.4, 0.5) is 4.79 Å². The lowest BCUT2D eigenvalue weighted by atomic mass is 9.85. The van der Waals surface area contributed by atoms with E-state index in [2.05, 4.69) is 20.3 Å². The Balaban J connectivity index is 1.36. The van der Waals surface area contributed by atoms with Gasteiger partial charge in [0.15, 0.2) is 0 Å². The maximum atomic E-state index is 14.6. The zero-order valence-corrected chi connectivity index (χ0v) is 32.2.